The van der Waals surface area contributed by atoms with Gasteiger partial charge >= 0.3 is 5.97 Å². The molecule has 2 amide bonds. The summed E-state index contributed by atoms with van der Waals surface area (Å²) in [5, 5.41) is 3.20. The highest BCUT2D eigenvalue weighted by Gasteiger charge is 2.35. The number of ether oxygens (including phenoxy) is 1. The molecular formula is C17H21N3O5S. The molecule has 26 heavy (non-hydrogen) atoms. The molecule has 1 N–H and O–H groups in total. The highest BCUT2D eigenvalue weighted by Crippen LogP contribution is 2.34. The summed E-state index contributed by atoms with van der Waals surface area (Å²) in [7, 11) is 2.76. The molecular weight excluding hydrogens is 358 g/mol. The lowest BCUT2D eigenvalue weighted by Crippen LogP contribution is -2.39. The monoisotopic (exact) mass is 379 g/mol. The molecule has 1 heterocycles. The van der Waals surface area contributed by atoms with Crippen molar-refractivity contribution in [1.82, 2.24) is 9.88 Å². The van der Waals surface area contributed by atoms with Crippen LogP contribution in [-0.2, 0) is 25.5 Å². The first-order chi connectivity index (χ1) is 12.4. The fourth-order valence-electron chi connectivity index (χ4n) is 3.08. The number of hydrogen-bond acceptors (Lipinski definition) is 7. The van der Waals surface area contributed by atoms with E-state index in [0.717, 1.165) is 19.3 Å². The van der Waals surface area contributed by atoms with Gasteiger partial charge in [-0.1, -0.05) is 17.8 Å². The molecule has 140 valence electrons. The number of carbonyl (C=O) groups excluding carboxylic acids is 4. The number of carbonyl (C=O) groups is 4. The van der Waals surface area contributed by atoms with Crippen molar-refractivity contribution in [2.24, 2.45) is 11.8 Å². The van der Waals surface area contributed by atoms with Gasteiger partial charge in [-0.3, -0.25) is 19.2 Å². The SMILES string of the molecule is COC(=O)CN(C)C(=O)[C@@H]1CC(=O)c2sc(NC(=O)C3CCC3)nc2C1. The van der Waals surface area contributed by atoms with Crippen LogP contribution in [0.4, 0.5) is 5.13 Å². The first-order valence-corrected chi connectivity index (χ1v) is 9.36. The Bertz CT molecular complexity index is 756. The number of likely N-dealkylation sites (N-methyl/N-ethyl adjacent to an activating group) is 1. The first kappa shape index (κ1) is 18.5. The van der Waals surface area contributed by atoms with Crippen molar-refractivity contribution in [1.29, 1.82) is 0 Å². The van der Waals surface area contributed by atoms with E-state index in [0.29, 0.717) is 22.1 Å². The predicted molar refractivity (Wildman–Crippen MR) is 93.9 cm³/mol. The third-order valence-electron chi connectivity index (χ3n) is 4.85. The van der Waals surface area contributed by atoms with Crippen molar-refractivity contribution < 1.29 is 23.9 Å². The number of thiazole rings is 1. The van der Waals surface area contributed by atoms with Gasteiger partial charge in [-0.2, -0.15) is 0 Å². The third-order valence-corrected chi connectivity index (χ3v) is 5.90. The normalized spacial score (nSPS) is 19.3. The van der Waals surface area contributed by atoms with Gasteiger partial charge < -0.3 is 15.0 Å². The first-order valence-electron chi connectivity index (χ1n) is 8.54. The lowest BCUT2D eigenvalue weighted by atomic mass is 9.85. The number of anilines is 1. The van der Waals surface area contributed by atoms with Crippen molar-refractivity contribution in [3.8, 4) is 0 Å². The number of rotatable bonds is 5. The van der Waals surface area contributed by atoms with Crippen molar-refractivity contribution in [2.45, 2.75) is 32.1 Å². The van der Waals surface area contributed by atoms with Gasteiger partial charge in [0.05, 0.1) is 23.6 Å². The molecule has 1 aromatic heterocycles. The number of Topliss-reactive ketones (excluding diaryl/α,β-unsaturated/α-hetero) is 1. The summed E-state index contributed by atoms with van der Waals surface area (Å²) in [6.45, 7) is -0.160. The van der Waals surface area contributed by atoms with Gasteiger partial charge in [0.15, 0.2) is 10.9 Å². The maximum Gasteiger partial charge on any atom is 0.325 e. The molecule has 1 saturated carbocycles. The van der Waals surface area contributed by atoms with Crippen LogP contribution in [0, 0.1) is 11.8 Å². The van der Waals surface area contributed by atoms with Crippen molar-refractivity contribution in [3.63, 3.8) is 0 Å². The Hall–Kier alpha value is -2.29. The van der Waals surface area contributed by atoms with E-state index in [1.807, 2.05) is 0 Å². The fraction of sp³-hybridized carbons (Fsp3) is 0.588. The summed E-state index contributed by atoms with van der Waals surface area (Å²) in [6.07, 6.45) is 3.24. The second-order valence-corrected chi connectivity index (χ2v) is 7.71. The molecule has 1 fully saturated rings. The Morgan fingerprint density at radius 3 is 2.62 bits per heavy atom. The second-order valence-electron chi connectivity index (χ2n) is 6.71. The van der Waals surface area contributed by atoms with Crippen LogP contribution < -0.4 is 5.32 Å². The van der Waals surface area contributed by atoms with Crippen LogP contribution in [0.1, 0.15) is 41.0 Å². The van der Waals surface area contributed by atoms with Crippen LogP contribution in [0.5, 0.6) is 0 Å². The maximum atomic E-state index is 12.5. The smallest absolute Gasteiger partial charge is 0.325 e. The Morgan fingerprint density at radius 2 is 2.00 bits per heavy atom. The van der Waals surface area contributed by atoms with Crippen LogP contribution in [0.3, 0.4) is 0 Å². The number of methoxy groups -OCH3 is 1. The molecule has 0 unspecified atom stereocenters. The summed E-state index contributed by atoms with van der Waals surface area (Å²) in [4.78, 5) is 54.4. The molecule has 0 spiro atoms. The van der Waals surface area contributed by atoms with E-state index >= 15 is 0 Å². The average molecular weight is 379 g/mol. The van der Waals surface area contributed by atoms with E-state index in [2.05, 4.69) is 15.0 Å². The Balaban J connectivity index is 1.67. The van der Waals surface area contributed by atoms with Crippen LogP contribution >= 0.6 is 11.3 Å². The Labute approximate surface area is 154 Å². The van der Waals surface area contributed by atoms with E-state index in [4.69, 9.17) is 0 Å². The molecule has 9 heteroatoms. The van der Waals surface area contributed by atoms with Crippen molar-refractivity contribution in [2.75, 3.05) is 26.0 Å². The number of hydrogen-bond donors (Lipinski definition) is 1. The van der Waals surface area contributed by atoms with Gasteiger partial charge in [-0.25, -0.2) is 4.98 Å². The zero-order valence-corrected chi connectivity index (χ0v) is 15.6. The van der Waals surface area contributed by atoms with Gasteiger partial charge in [0.25, 0.3) is 0 Å². The van der Waals surface area contributed by atoms with Gasteiger partial charge in [-0.05, 0) is 12.8 Å². The minimum absolute atomic E-state index is 0.0351. The minimum Gasteiger partial charge on any atom is -0.468 e. The predicted octanol–water partition coefficient (Wildman–Crippen LogP) is 1.26. The van der Waals surface area contributed by atoms with E-state index in [1.165, 1.54) is 30.4 Å². The highest BCUT2D eigenvalue weighted by atomic mass is 32.1. The zero-order chi connectivity index (χ0) is 18.8. The molecule has 0 aromatic carbocycles. The molecule has 0 bridgehead atoms. The largest absolute Gasteiger partial charge is 0.468 e. The summed E-state index contributed by atoms with van der Waals surface area (Å²) >= 11 is 1.17. The molecule has 0 saturated heterocycles. The van der Waals surface area contributed by atoms with E-state index in [9.17, 15) is 19.2 Å². The summed E-state index contributed by atoms with van der Waals surface area (Å²) in [5.74, 6) is -1.53. The zero-order valence-electron chi connectivity index (χ0n) is 14.7. The van der Waals surface area contributed by atoms with Gasteiger partial charge in [-0.15, -0.1) is 0 Å². The lowest BCUT2D eigenvalue weighted by molar-refractivity contribution is -0.147. The number of nitrogens with zero attached hydrogens (tertiary/aromatic N) is 2. The highest BCUT2D eigenvalue weighted by molar-refractivity contribution is 7.17. The van der Waals surface area contributed by atoms with Crippen LogP contribution in [0.15, 0.2) is 0 Å². The molecule has 3 rings (SSSR count). The van der Waals surface area contributed by atoms with Gasteiger partial charge in [0.2, 0.25) is 11.8 Å². The second kappa shape index (κ2) is 7.53. The molecule has 2 aliphatic rings. The topological polar surface area (TPSA) is 106 Å². The quantitative estimate of drug-likeness (QED) is 0.772. The van der Waals surface area contributed by atoms with E-state index in [1.54, 1.807) is 0 Å². The molecule has 0 radical (unpaired) electrons. The maximum absolute atomic E-state index is 12.5. The molecule has 8 nitrogen and oxygen atoms in total. The summed E-state index contributed by atoms with van der Waals surface area (Å²) in [5.41, 5.74) is 0.542. The van der Waals surface area contributed by atoms with E-state index < -0.39 is 11.9 Å². The number of fused-ring (bicyclic) bond motifs is 1. The Morgan fingerprint density at radius 1 is 1.27 bits per heavy atom. The van der Waals surface area contributed by atoms with Crippen molar-refractivity contribution >= 4 is 40.0 Å². The summed E-state index contributed by atoms with van der Waals surface area (Å²) < 4.78 is 4.56. The van der Waals surface area contributed by atoms with Gasteiger partial charge in [0.1, 0.15) is 6.54 Å². The number of aromatic nitrogens is 1. The Kier molecular flexibility index (Phi) is 5.36. The number of ketones is 1. The summed E-state index contributed by atoms with van der Waals surface area (Å²) in [6, 6.07) is 0. The van der Waals surface area contributed by atoms with Crippen LogP contribution in [-0.4, -0.2) is 54.2 Å². The average Bonchev–Trinajstić information content (AvgIpc) is 2.95. The number of amides is 2. The number of nitrogens with one attached hydrogen (secondary N) is 1. The molecule has 2 aliphatic carbocycles. The van der Waals surface area contributed by atoms with Gasteiger partial charge in [0, 0.05) is 25.8 Å². The van der Waals surface area contributed by atoms with Crippen LogP contribution in [0.25, 0.3) is 0 Å². The lowest BCUT2D eigenvalue weighted by Gasteiger charge is -2.24. The molecule has 0 aliphatic heterocycles. The molecule has 1 atom stereocenters. The minimum atomic E-state index is -0.554. The molecule has 1 aromatic rings. The third kappa shape index (κ3) is 3.77. The van der Waals surface area contributed by atoms with E-state index in [-0.39, 0.29) is 36.5 Å². The fourth-order valence-corrected chi connectivity index (χ4v) is 4.03. The van der Waals surface area contributed by atoms with Crippen LogP contribution in [0.2, 0.25) is 0 Å². The standard InChI is InChI=1S/C17H21N3O5S/c1-20(8-13(22)25-2)16(24)10-6-11-14(12(21)7-10)26-17(18-11)19-15(23)9-4-3-5-9/h9-10H,3-8H2,1-2H3,(H,18,19,23)/t10-/m0/s1. The van der Waals surface area contributed by atoms with Crippen molar-refractivity contribution in [3.05, 3.63) is 10.6 Å². The number of esters is 1.